The van der Waals surface area contributed by atoms with Crippen LogP contribution >= 0.6 is 0 Å². The third-order valence-electron chi connectivity index (χ3n) is 5.38. The molecule has 0 radical (unpaired) electrons. The van der Waals surface area contributed by atoms with E-state index in [4.69, 9.17) is 4.74 Å². The average molecular weight is 418 g/mol. The minimum Gasteiger partial charge on any atom is -0.492 e. The van der Waals surface area contributed by atoms with Gasteiger partial charge in [-0.05, 0) is 37.1 Å². The van der Waals surface area contributed by atoms with Crippen molar-refractivity contribution in [1.29, 1.82) is 0 Å². The molecule has 0 atom stereocenters. The molecule has 0 amide bonds. The lowest BCUT2D eigenvalue weighted by atomic mass is 10.3. The Morgan fingerprint density at radius 1 is 0.793 bits per heavy atom. The molecule has 0 spiro atoms. The molecule has 2 saturated heterocycles. The van der Waals surface area contributed by atoms with Gasteiger partial charge in [-0.15, -0.1) is 10.2 Å². The molecule has 156 valence electrons. The molecule has 0 saturated carbocycles. The summed E-state index contributed by atoms with van der Waals surface area (Å²) in [4.78, 5) is 4.34. The van der Waals surface area contributed by atoms with Crippen LogP contribution in [0.15, 0.2) is 42.5 Å². The Morgan fingerprint density at radius 2 is 1.38 bits per heavy atom. The maximum atomic E-state index is 12.6. The first-order chi connectivity index (χ1) is 14.1. The third-order valence-corrected chi connectivity index (χ3v) is 7.21. The predicted octanol–water partition coefficient (Wildman–Crippen LogP) is 1.61. The topological polar surface area (TPSA) is 78.9 Å². The molecule has 2 aliphatic rings. The number of piperazine rings is 1. The lowest BCUT2D eigenvalue weighted by Crippen LogP contribution is -2.50. The fourth-order valence-electron chi connectivity index (χ4n) is 3.71. The number of para-hydroxylation sites is 1. The molecule has 1 aromatic heterocycles. The summed E-state index contributed by atoms with van der Waals surface area (Å²) in [5, 5.41) is 8.72. The largest absolute Gasteiger partial charge is 0.492 e. The Hall–Kier alpha value is -2.39. The molecule has 3 heterocycles. The van der Waals surface area contributed by atoms with Crippen LogP contribution in [0, 0.1) is 0 Å². The summed E-state index contributed by atoms with van der Waals surface area (Å²) >= 11 is 0. The summed E-state index contributed by atoms with van der Waals surface area (Å²) < 4.78 is 32.3. The van der Waals surface area contributed by atoms with Crippen molar-refractivity contribution >= 4 is 21.7 Å². The van der Waals surface area contributed by atoms with Crippen molar-refractivity contribution in [2.45, 2.75) is 12.8 Å². The summed E-state index contributed by atoms with van der Waals surface area (Å²) in [6.07, 6.45) is 2.41. The van der Waals surface area contributed by atoms with E-state index in [9.17, 15) is 8.42 Å². The van der Waals surface area contributed by atoms with Crippen LogP contribution in [0.25, 0.3) is 0 Å². The van der Waals surface area contributed by atoms with Crippen molar-refractivity contribution in [3.63, 3.8) is 0 Å². The highest BCUT2D eigenvalue weighted by molar-refractivity contribution is 7.89. The van der Waals surface area contributed by atoms with Gasteiger partial charge in [0.25, 0.3) is 0 Å². The highest BCUT2D eigenvalue weighted by Crippen LogP contribution is 2.20. The van der Waals surface area contributed by atoms with Crippen LogP contribution < -0.4 is 14.5 Å². The molecule has 9 heteroatoms. The van der Waals surface area contributed by atoms with Crippen molar-refractivity contribution in [2.24, 2.45) is 0 Å². The first kappa shape index (κ1) is 19.9. The molecular weight excluding hydrogens is 390 g/mol. The van der Waals surface area contributed by atoms with Crippen LogP contribution in [-0.4, -0.2) is 74.5 Å². The van der Waals surface area contributed by atoms with E-state index in [-0.39, 0.29) is 12.4 Å². The SMILES string of the molecule is O=S(=O)(CCOc1ccccc1)N1CCN(c2ccc(N3CCCC3)nn2)CC1. The maximum absolute atomic E-state index is 12.6. The molecule has 2 aliphatic heterocycles. The van der Waals surface area contributed by atoms with Crippen molar-refractivity contribution in [3.8, 4) is 5.75 Å². The van der Waals surface area contributed by atoms with Gasteiger partial charge >= 0.3 is 0 Å². The van der Waals surface area contributed by atoms with Gasteiger partial charge in [-0.25, -0.2) is 8.42 Å². The van der Waals surface area contributed by atoms with E-state index in [2.05, 4.69) is 20.0 Å². The monoisotopic (exact) mass is 417 g/mol. The van der Waals surface area contributed by atoms with Crippen LogP contribution in [0.2, 0.25) is 0 Å². The zero-order valence-corrected chi connectivity index (χ0v) is 17.3. The van der Waals surface area contributed by atoms with Crippen LogP contribution in [0.3, 0.4) is 0 Å². The number of nitrogens with zero attached hydrogens (tertiary/aromatic N) is 5. The normalized spacial score (nSPS) is 18.2. The second-order valence-corrected chi connectivity index (χ2v) is 9.40. The van der Waals surface area contributed by atoms with E-state index in [0.717, 1.165) is 24.7 Å². The molecule has 2 aromatic rings. The second-order valence-electron chi connectivity index (χ2n) is 7.31. The molecule has 2 fully saturated rings. The van der Waals surface area contributed by atoms with Crippen molar-refractivity contribution in [1.82, 2.24) is 14.5 Å². The van der Waals surface area contributed by atoms with Gasteiger partial charge in [-0.2, -0.15) is 4.31 Å². The summed E-state index contributed by atoms with van der Waals surface area (Å²) in [6, 6.07) is 13.3. The van der Waals surface area contributed by atoms with Crippen LogP contribution in [-0.2, 0) is 10.0 Å². The Balaban J connectivity index is 1.27. The van der Waals surface area contributed by atoms with Gasteiger partial charge in [-0.3, -0.25) is 0 Å². The number of ether oxygens (including phenoxy) is 1. The summed E-state index contributed by atoms with van der Waals surface area (Å²) in [5.74, 6) is 2.39. The summed E-state index contributed by atoms with van der Waals surface area (Å²) in [5.41, 5.74) is 0. The van der Waals surface area contributed by atoms with E-state index < -0.39 is 10.0 Å². The maximum Gasteiger partial charge on any atom is 0.217 e. The summed E-state index contributed by atoms with van der Waals surface area (Å²) in [6.45, 7) is 4.34. The van der Waals surface area contributed by atoms with E-state index in [1.165, 1.54) is 12.8 Å². The molecular formula is C20H27N5O3S. The molecule has 0 unspecified atom stereocenters. The Morgan fingerprint density at radius 3 is 1.97 bits per heavy atom. The predicted molar refractivity (Wildman–Crippen MR) is 113 cm³/mol. The quantitative estimate of drug-likeness (QED) is 0.677. The molecule has 8 nitrogen and oxygen atoms in total. The third kappa shape index (κ3) is 4.97. The fraction of sp³-hybridized carbons (Fsp3) is 0.500. The minimum atomic E-state index is -3.34. The van der Waals surface area contributed by atoms with Crippen molar-refractivity contribution < 1.29 is 13.2 Å². The van der Waals surface area contributed by atoms with Gasteiger partial charge in [0, 0.05) is 39.3 Å². The van der Waals surface area contributed by atoms with E-state index in [0.29, 0.717) is 31.9 Å². The lowest BCUT2D eigenvalue weighted by molar-refractivity contribution is 0.331. The smallest absolute Gasteiger partial charge is 0.217 e. The first-order valence-corrected chi connectivity index (χ1v) is 11.7. The summed E-state index contributed by atoms with van der Waals surface area (Å²) in [7, 11) is -3.34. The Kier molecular flexibility index (Phi) is 6.15. The molecule has 0 bridgehead atoms. The number of hydrogen-bond acceptors (Lipinski definition) is 7. The molecule has 4 rings (SSSR count). The van der Waals surface area contributed by atoms with Gasteiger partial charge in [0.2, 0.25) is 10.0 Å². The zero-order chi connectivity index (χ0) is 20.1. The van der Waals surface area contributed by atoms with E-state index in [1.54, 1.807) is 4.31 Å². The van der Waals surface area contributed by atoms with Gasteiger partial charge < -0.3 is 14.5 Å². The standard InChI is InChI=1S/C20H27N5O3S/c26-29(27,17-16-28-18-6-2-1-3-7-18)25-14-12-24(13-15-25)20-9-8-19(21-22-20)23-10-4-5-11-23/h1-3,6-9H,4-5,10-17H2. The average Bonchev–Trinajstić information content (AvgIpc) is 3.30. The Bertz CT molecular complexity index is 878. The molecule has 29 heavy (non-hydrogen) atoms. The Labute approximate surface area is 172 Å². The zero-order valence-electron chi connectivity index (χ0n) is 16.5. The van der Waals surface area contributed by atoms with Gasteiger partial charge in [0.1, 0.15) is 12.4 Å². The minimum absolute atomic E-state index is 0.0216. The number of aromatic nitrogens is 2. The lowest BCUT2D eigenvalue weighted by Gasteiger charge is -2.34. The highest BCUT2D eigenvalue weighted by Gasteiger charge is 2.27. The van der Waals surface area contributed by atoms with Gasteiger partial charge in [-0.1, -0.05) is 18.2 Å². The second kappa shape index (κ2) is 8.96. The van der Waals surface area contributed by atoms with Crippen molar-refractivity contribution in [3.05, 3.63) is 42.5 Å². The first-order valence-electron chi connectivity index (χ1n) is 10.1. The van der Waals surface area contributed by atoms with E-state index >= 15 is 0 Å². The highest BCUT2D eigenvalue weighted by atomic mass is 32.2. The number of anilines is 2. The van der Waals surface area contributed by atoms with E-state index in [1.807, 2.05) is 42.5 Å². The molecule has 0 aliphatic carbocycles. The van der Waals surface area contributed by atoms with Gasteiger partial charge in [0.05, 0.1) is 5.75 Å². The number of rotatable bonds is 7. The van der Waals surface area contributed by atoms with Crippen LogP contribution in [0.4, 0.5) is 11.6 Å². The van der Waals surface area contributed by atoms with Gasteiger partial charge in [0.15, 0.2) is 11.6 Å². The molecule has 1 aromatic carbocycles. The van der Waals surface area contributed by atoms with Crippen LogP contribution in [0.1, 0.15) is 12.8 Å². The number of sulfonamides is 1. The van der Waals surface area contributed by atoms with Crippen molar-refractivity contribution in [2.75, 3.05) is 61.4 Å². The number of benzene rings is 1. The molecule has 0 N–H and O–H groups in total. The van der Waals surface area contributed by atoms with Crippen LogP contribution in [0.5, 0.6) is 5.75 Å². The fourth-order valence-corrected chi connectivity index (χ4v) is 4.98. The number of hydrogen-bond donors (Lipinski definition) is 0.